The van der Waals surface area contributed by atoms with Gasteiger partial charge < -0.3 is 10.1 Å². The fourth-order valence-electron chi connectivity index (χ4n) is 2.21. The molecule has 0 bridgehead atoms. The van der Waals surface area contributed by atoms with Gasteiger partial charge in [-0.15, -0.1) is 0 Å². The molecular weight excluding hydrogens is 272 g/mol. The Labute approximate surface area is 123 Å². The molecule has 0 fully saturated rings. The molecule has 2 aromatic carbocycles. The van der Waals surface area contributed by atoms with Gasteiger partial charge in [-0.25, -0.2) is 8.78 Å². The Morgan fingerprint density at radius 2 is 1.90 bits per heavy atom. The van der Waals surface area contributed by atoms with E-state index in [2.05, 4.69) is 5.32 Å². The molecule has 2 rings (SSSR count). The van der Waals surface area contributed by atoms with Gasteiger partial charge >= 0.3 is 0 Å². The van der Waals surface area contributed by atoms with E-state index in [4.69, 9.17) is 4.74 Å². The summed E-state index contributed by atoms with van der Waals surface area (Å²) in [4.78, 5) is 0. The number of aryl methyl sites for hydroxylation is 1. The Bertz CT molecular complexity index is 628. The smallest absolute Gasteiger partial charge is 0.128 e. The number of benzene rings is 2. The van der Waals surface area contributed by atoms with Crippen molar-refractivity contribution in [2.45, 2.75) is 26.8 Å². The molecule has 1 unspecified atom stereocenters. The minimum atomic E-state index is -0.441. The first kappa shape index (κ1) is 15.3. The molecule has 2 nitrogen and oxygen atoms in total. The molecule has 2 aromatic rings. The fourth-order valence-corrected chi connectivity index (χ4v) is 2.21. The van der Waals surface area contributed by atoms with Gasteiger partial charge in [-0.3, -0.25) is 0 Å². The van der Waals surface area contributed by atoms with Crippen LogP contribution in [0.2, 0.25) is 0 Å². The topological polar surface area (TPSA) is 21.3 Å². The largest absolute Gasteiger partial charge is 0.494 e. The van der Waals surface area contributed by atoms with Crippen molar-refractivity contribution in [2.24, 2.45) is 0 Å². The molecule has 0 saturated heterocycles. The second-order valence-corrected chi connectivity index (χ2v) is 4.94. The van der Waals surface area contributed by atoms with Crippen molar-refractivity contribution in [1.82, 2.24) is 0 Å². The second-order valence-electron chi connectivity index (χ2n) is 4.94. The number of ether oxygens (including phenoxy) is 1. The Balaban J connectivity index is 2.19. The third-order valence-electron chi connectivity index (χ3n) is 3.31. The van der Waals surface area contributed by atoms with Gasteiger partial charge in [0.1, 0.15) is 17.4 Å². The summed E-state index contributed by atoms with van der Waals surface area (Å²) in [5, 5.41) is 3.20. The molecule has 0 aliphatic rings. The van der Waals surface area contributed by atoms with Crippen LogP contribution in [0.3, 0.4) is 0 Å². The maximum Gasteiger partial charge on any atom is 0.128 e. The summed E-state index contributed by atoms with van der Waals surface area (Å²) in [6.45, 7) is 6.28. The van der Waals surface area contributed by atoms with Crippen LogP contribution in [0.25, 0.3) is 0 Å². The summed E-state index contributed by atoms with van der Waals surface area (Å²) in [6, 6.07) is 8.80. The van der Waals surface area contributed by atoms with E-state index in [9.17, 15) is 8.78 Å². The first-order valence-corrected chi connectivity index (χ1v) is 6.96. The van der Waals surface area contributed by atoms with Gasteiger partial charge in [-0.1, -0.05) is 0 Å². The van der Waals surface area contributed by atoms with Crippen molar-refractivity contribution in [3.63, 3.8) is 0 Å². The lowest BCUT2D eigenvalue weighted by Gasteiger charge is -2.18. The molecule has 112 valence electrons. The summed E-state index contributed by atoms with van der Waals surface area (Å²) in [5.74, 6) is -0.0615. The molecule has 21 heavy (non-hydrogen) atoms. The summed E-state index contributed by atoms with van der Waals surface area (Å²) in [6.07, 6.45) is 0. The van der Waals surface area contributed by atoms with Crippen LogP contribution in [0.15, 0.2) is 36.4 Å². The standard InChI is InChI=1S/C17H19F2NO/c1-4-21-14-6-8-17(11(2)9-14)20-12(3)15-10-13(18)5-7-16(15)19/h5-10,12,20H,4H2,1-3H3. The zero-order valence-electron chi connectivity index (χ0n) is 12.4. The molecule has 0 radical (unpaired) electrons. The average molecular weight is 291 g/mol. The van der Waals surface area contributed by atoms with Gasteiger partial charge in [0, 0.05) is 11.3 Å². The predicted octanol–water partition coefficient (Wildman–Crippen LogP) is 4.85. The molecular formula is C17H19F2NO. The van der Waals surface area contributed by atoms with Crippen LogP contribution < -0.4 is 10.1 Å². The molecule has 1 N–H and O–H groups in total. The normalized spacial score (nSPS) is 12.0. The van der Waals surface area contributed by atoms with Crippen LogP contribution in [0, 0.1) is 18.6 Å². The van der Waals surface area contributed by atoms with Crippen molar-refractivity contribution < 1.29 is 13.5 Å². The first-order chi connectivity index (χ1) is 10.0. The number of hydrogen-bond acceptors (Lipinski definition) is 2. The summed E-state index contributed by atoms with van der Waals surface area (Å²) < 4.78 is 32.4. The predicted molar refractivity (Wildman–Crippen MR) is 80.7 cm³/mol. The highest BCUT2D eigenvalue weighted by molar-refractivity contribution is 5.54. The SMILES string of the molecule is CCOc1ccc(NC(C)c2cc(F)ccc2F)c(C)c1. The van der Waals surface area contributed by atoms with E-state index in [0.29, 0.717) is 12.2 Å². The van der Waals surface area contributed by atoms with Crippen molar-refractivity contribution in [3.05, 3.63) is 59.2 Å². The van der Waals surface area contributed by atoms with E-state index < -0.39 is 11.6 Å². The molecule has 0 spiro atoms. The maximum atomic E-state index is 13.8. The van der Waals surface area contributed by atoms with Crippen molar-refractivity contribution in [3.8, 4) is 5.75 Å². The van der Waals surface area contributed by atoms with Crippen LogP contribution in [0.4, 0.5) is 14.5 Å². The molecule has 1 atom stereocenters. The Morgan fingerprint density at radius 1 is 1.14 bits per heavy atom. The summed E-state index contributed by atoms with van der Waals surface area (Å²) >= 11 is 0. The van der Waals surface area contributed by atoms with Crippen molar-refractivity contribution in [1.29, 1.82) is 0 Å². The number of anilines is 1. The Hall–Kier alpha value is -2.10. The first-order valence-electron chi connectivity index (χ1n) is 6.96. The third-order valence-corrected chi connectivity index (χ3v) is 3.31. The zero-order chi connectivity index (χ0) is 15.4. The molecule has 0 aliphatic carbocycles. The second kappa shape index (κ2) is 6.57. The van der Waals surface area contributed by atoms with Crippen LogP contribution in [-0.4, -0.2) is 6.61 Å². The molecule has 0 aliphatic heterocycles. The van der Waals surface area contributed by atoms with E-state index in [1.54, 1.807) is 6.92 Å². The van der Waals surface area contributed by atoms with Gasteiger partial charge in [0.2, 0.25) is 0 Å². The van der Waals surface area contributed by atoms with Crippen molar-refractivity contribution >= 4 is 5.69 Å². The highest BCUT2D eigenvalue weighted by Crippen LogP contribution is 2.27. The Morgan fingerprint density at radius 3 is 2.57 bits per heavy atom. The quantitative estimate of drug-likeness (QED) is 0.850. The molecule has 0 amide bonds. The van der Waals surface area contributed by atoms with Crippen molar-refractivity contribution in [2.75, 3.05) is 11.9 Å². The lowest BCUT2D eigenvalue weighted by Crippen LogP contribution is -2.10. The highest BCUT2D eigenvalue weighted by Gasteiger charge is 2.13. The minimum Gasteiger partial charge on any atom is -0.494 e. The average Bonchev–Trinajstić information content (AvgIpc) is 2.44. The monoisotopic (exact) mass is 291 g/mol. The highest BCUT2D eigenvalue weighted by atomic mass is 19.1. The van der Waals surface area contributed by atoms with Crippen LogP contribution >= 0.6 is 0 Å². The summed E-state index contributed by atoms with van der Waals surface area (Å²) in [7, 11) is 0. The fraction of sp³-hybridized carbons (Fsp3) is 0.294. The van der Waals surface area contributed by atoms with Gasteiger partial charge in [-0.05, 0) is 62.7 Å². The molecule has 0 heterocycles. The number of rotatable bonds is 5. The van der Waals surface area contributed by atoms with Crippen LogP contribution in [0.5, 0.6) is 5.75 Å². The van der Waals surface area contributed by atoms with E-state index >= 15 is 0 Å². The maximum absolute atomic E-state index is 13.8. The number of hydrogen-bond donors (Lipinski definition) is 1. The van der Waals surface area contributed by atoms with Gasteiger partial charge in [-0.2, -0.15) is 0 Å². The number of halogens is 2. The van der Waals surface area contributed by atoms with E-state index in [1.165, 1.54) is 6.07 Å². The van der Waals surface area contributed by atoms with Gasteiger partial charge in [0.15, 0.2) is 0 Å². The van der Waals surface area contributed by atoms with E-state index in [0.717, 1.165) is 29.1 Å². The molecule has 4 heteroatoms. The third kappa shape index (κ3) is 3.72. The summed E-state index contributed by atoms with van der Waals surface area (Å²) in [5.41, 5.74) is 2.17. The van der Waals surface area contributed by atoms with E-state index in [-0.39, 0.29) is 6.04 Å². The van der Waals surface area contributed by atoms with Crippen LogP contribution in [-0.2, 0) is 0 Å². The number of nitrogens with one attached hydrogen (secondary N) is 1. The molecule has 0 aromatic heterocycles. The lowest BCUT2D eigenvalue weighted by atomic mass is 10.1. The minimum absolute atomic E-state index is 0.309. The Kier molecular flexibility index (Phi) is 4.78. The van der Waals surface area contributed by atoms with Gasteiger partial charge in [0.05, 0.1) is 12.6 Å². The lowest BCUT2D eigenvalue weighted by molar-refractivity contribution is 0.340. The zero-order valence-corrected chi connectivity index (χ0v) is 12.4. The van der Waals surface area contributed by atoms with E-state index in [1.807, 2.05) is 32.0 Å². The molecule has 0 saturated carbocycles. The van der Waals surface area contributed by atoms with Gasteiger partial charge in [0.25, 0.3) is 0 Å². The van der Waals surface area contributed by atoms with Crippen LogP contribution in [0.1, 0.15) is 31.0 Å².